The Hall–Kier alpha value is -3.17. The summed E-state index contributed by atoms with van der Waals surface area (Å²) in [5.74, 6) is 0.734. The number of rotatable bonds is 5. The van der Waals surface area contributed by atoms with Crippen molar-refractivity contribution in [3.05, 3.63) is 42.1 Å². The number of halogens is 3. The lowest BCUT2D eigenvalue weighted by atomic mass is 9.80. The number of fused-ring (bicyclic) bond motifs is 1. The number of ether oxygens (including phenoxy) is 1. The van der Waals surface area contributed by atoms with E-state index in [1.54, 1.807) is 12.1 Å². The third-order valence-corrected chi connectivity index (χ3v) is 6.38. The highest BCUT2D eigenvalue weighted by Crippen LogP contribution is 2.37. The molecule has 1 aliphatic carbocycles. The van der Waals surface area contributed by atoms with E-state index in [1.807, 2.05) is 10.9 Å². The van der Waals surface area contributed by atoms with Crippen LogP contribution in [0.2, 0.25) is 0 Å². The minimum absolute atomic E-state index is 0.245. The zero-order chi connectivity index (χ0) is 23.8. The van der Waals surface area contributed by atoms with Gasteiger partial charge in [-0.1, -0.05) is 13.8 Å². The number of amides is 1. The molecule has 2 aromatic heterocycles. The molecule has 0 spiro atoms. The molecule has 1 fully saturated rings. The molecule has 0 atom stereocenters. The smallest absolute Gasteiger partial charge is 0.434 e. The first-order chi connectivity index (χ1) is 15.7. The summed E-state index contributed by atoms with van der Waals surface area (Å²) >= 11 is 0. The Morgan fingerprint density at radius 2 is 1.94 bits per heavy atom. The Bertz CT molecular complexity index is 1150. The third kappa shape index (κ3) is 4.79. The molecule has 3 aromatic rings. The van der Waals surface area contributed by atoms with Crippen molar-refractivity contribution in [1.82, 2.24) is 19.7 Å². The largest absolute Gasteiger partial charge is 0.494 e. The molecule has 33 heavy (non-hydrogen) atoms. The summed E-state index contributed by atoms with van der Waals surface area (Å²) in [7, 11) is 1.42. The first-order valence-electron chi connectivity index (χ1n) is 10.9. The summed E-state index contributed by atoms with van der Waals surface area (Å²) in [5.41, 5.74) is -1.02. The van der Waals surface area contributed by atoms with Crippen molar-refractivity contribution in [1.29, 1.82) is 0 Å². The summed E-state index contributed by atoms with van der Waals surface area (Å²) < 4.78 is 47.1. The molecule has 1 aliphatic rings. The van der Waals surface area contributed by atoms with E-state index >= 15 is 0 Å². The van der Waals surface area contributed by atoms with Crippen LogP contribution in [0.5, 0.6) is 5.75 Å². The average Bonchev–Trinajstić information content (AvgIpc) is 3.20. The maximum atomic E-state index is 13.2. The number of alkyl halides is 3. The van der Waals surface area contributed by atoms with Crippen molar-refractivity contribution in [3.63, 3.8) is 0 Å². The number of carbonyl (C=O) groups is 1. The van der Waals surface area contributed by atoms with Gasteiger partial charge < -0.3 is 10.1 Å². The highest BCUT2D eigenvalue weighted by molar-refractivity contribution is 6.06. The first kappa shape index (κ1) is 23.0. The molecule has 0 bridgehead atoms. The molecule has 2 heterocycles. The molecule has 1 amide bonds. The number of aromatic nitrogens is 4. The zero-order valence-electron chi connectivity index (χ0n) is 18.7. The van der Waals surface area contributed by atoms with Crippen molar-refractivity contribution in [2.45, 2.75) is 51.7 Å². The predicted molar refractivity (Wildman–Crippen MR) is 117 cm³/mol. The fraction of sp³-hybridized carbons (Fsp3) is 0.478. The number of hydrogen-bond donors (Lipinski definition) is 1. The molecule has 0 unspecified atom stereocenters. The van der Waals surface area contributed by atoms with Gasteiger partial charge in [0.2, 0.25) is 0 Å². The topological polar surface area (TPSA) is 81.9 Å². The molecule has 10 heteroatoms. The number of carbonyl (C=O) groups excluding carboxylic acids is 1. The van der Waals surface area contributed by atoms with Crippen LogP contribution in [0.4, 0.5) is 18.9 Å². The lowest BCUT2D eigenvalue weighted by Gasteiger charge is -2.30. The molecule has 0 aliphatic heterocycles. The van der Waals surface area contributed by atoms with Crippen molar-refractivity contribution >= 4 is 22.5 Å². The third-order valence-electron chi connectivity index (χ3n) is 6.38. The van der Waals surface area contributed by atoms with Gasteiger partial charge in [-0.25, -0.2) is 9.97 Å². The molecule has 1 aromatic carbocycles. The lowest BCUT2D eigenvalue weighted by Crippen LogP contribution is -2.21. The van der Waals surface area contributed by atoms with Crippen LogP contribution in [-0.4, -0.2) is 32.8 Å². The molecule has 1 saturated carbocycles. The van der Waals surface area contributed by atoms with E-state index in [0.29, 0.717) is 23.2 Å². The van der Waals surface area contributed by atoms with Gasteiger partial charge in [-0.15, -0.1) is 0 Å². The van der Waals surface area contributed by atoms with E-state index in [4.69, 9.17) is 9.84 Å². The van der Waals surface area contributed by atoms with Crippen molar-refractivity contribution in [2.24, 2.45) is 11.8 Å². The summed E-state index contributed by atoms with van der Waals surface area (Å²) in [6.45, 7) is 4.52. The standard InChI is InChI=1S/C23H26F3N5O2/c1-13(2)14-4-6-16(7-5-14)31-11-15-8-19(20(33-3)9-18(15)30-31)29-22(32)17-10-27-12-28-21(17)23(24,25)26/h8-14,16H,4-7H2,1-3H3,(H,29,32)/t14-,16-. The fourth-order valence-electron chi connectivity index (χ4n) is 4.47. The summed E-state index contributed by atoms with van der Waals surface area (Å²) in [6, 6.07) is 3.63. The van der Waals surface area contributed by atoms with Crippen LogP contribution < -0.4 is 10.1 Å². The number of nitrogens with one attached hydrogen (secondary N) is 1. The van der Waals surface area contributed by atoms with Gasteiger partial charge >= 0.3 is 6.18 Å². The number of methoxy groups -OCH3 is 1. The van der Waals surface area contributed by atoms with Gasteiger partial charge in [0, 0.05) is 23.8 Å². The molecule has 0 saturated heterocycles. The van der Waals surface area contributed by atoms with Crippen LogP contribution in [0.3, 0.4) is 0 Å². The molecule has 0 radical (unpaired) electrons. The Labute approximate surface area is 189 Å². The van der Waals surface area contributed by atoms with Crippen LogP contribution in [0.15, 0.2) is 30.9 Å². The summed E-state index contributed by atoms with van der Waals surface area (Å²) in [6.07, 6.45) is 3.15. The maximum Gasteiger partial charge on any atom is 0.434 e. The SMILES string of the molecule is COc1cc2nn([C@H]3CC[C@H](C(C)C)CC3)cc2cc1NC(=O)c1cncnc1C(F)(F)F. The van der Waals surface area contributed by atoms with E-state index in [1.165, 1.54) is 7.11 Å². The lowest BCUT2D eigenvalue weighted by molar-refractivity contribution is -0.141. The van der Waals surface area contributed by atoms with Gasteiger partial charge in [-0.3, -0.25) is 9.48 Å². The molecular weight excluding hydrogens is 435 g/mol. The number of nitrogens with zero attached hydrogens (tertiary/aromatic N) is 4. The second-order valence-electron chi connectivity index (χ2n) is 8.77. The predicted octanol–water partition coefficient (Wildman–Crippen LogP) is 5.49. The normalized spacial score (nSPS) is 19.1. The first-order valence-corrected chi connectivity index (χ1v) is 10.9. The molecule has 176 valence electrons. The van der Waals surface area contributed by atoms with Crippen molar-refractivity contribution < 1.29 is 22.7 Å². The zero-order valence-corrected chi connectivity index (χ0v) is 18.7. The van der Waals surface area contributed by atoms with E-state index in [0.717, 1.165) is 49.5 Å². The Morgan fingerprint density at radius 1 is 1.21 bits per heavy atom. The van der Waals surface area contributed by atoms with Crippen LogP contribution in [0, 0.1) is 11.8 Å². The van der Waals surface area contributed by atoms with Gasteiger partial charge in [0.25, 0.3) is 5.91 Å². The quantitative estimate of drug-likeness (QED) is 0.543. The molecule has 7 nitrogen and oxygen atoms in total. The Morgan fingerprint density at radius 3 is 2.58 bits per heavy atom. The van der Waals surface area contributed by atoms with Gasteiger partial charge in [-0.2, -0.15) is 18.3 Å². The van der Waals surface area contributed by atoms with Crippen molar-refractivity contribution in [3.8, 4) is 5.75 Å². The highest BCUT2D eigenvalue weighted by Gasteiger charge is 2.37. The number of anilines is 1. The van der Waals surface area contributed by atoms with E-state index in [9.17, 15) is 18.0 Å². The Kier molecular flexibility index (Phi) is 6.27. The van der Waals surface area contributed by atoms with E-state index in [2.05, 4.69) is 29.1 Å². The van der Waals surface area contributed by atoms with Gasteiger partial charge in [0.05, 0.1) is 29.9 Å². The minimum Gasteiger partial charge on any atom is -0.494 e. The summed E-state index contributed by atoms with van der Waals surface area (Å²) in [5, 5.41) is 7.96. The minimum atomic E-state index is -4.78. The second kappa shape index (κ2) is 8.99. The van der Waals surface area contributed by atoms with Crippen LogP contribution in [-0.2, 0) is 6.18 Å². The van der Waals surface area contributed by atoms with Crippen molar-refractivity contribution in [2.75, 3.05) is 12.4 Å². The van der Waals surface area contributed by atoms with Crippen LogP contribution in [0.1, 0.15) is 61.6 Å². The molecular formula is C23H26F3N5O2. The van der Waals surface area contributed by atoms with Crippen LogP contribution >= 0.6 is 0 Å². The van der Waals surface area contributed by atoms with E-state index in [-0.39, 0.29) is 5.69 Å². The van der Waals surface area contributed by atoms with Gasteiger partial charge in [0.15, 0.2) is 5.69 Å². The molecule has 1 N–H and O–H groups in total. The second-order valence-corrected chi connectivity index (χ2v) is 8.77. The monoisotopic (exact) mass is 461 g/mol. The number of hydrogen-bond acceptors (Lipinski definition) is 5. The van der Waals surface area contributed by atoms with Crippen LogP contribution in [0.25, 0.3) is 10.9 Å². The van der Waals surface area contributed by atoms with E-state index < -0.39 is 23.3 Å². The maximum absolute atomic E-state index is 13.2. The van der Waals surface area contributed by atoms with Gasteiger partial charge in [-0.05, 0) is 43.6 Å². The van der Waals surface area contributed by atoms with Gasteiger partial charge in [0.1, 0.15) is 12.1 Å². The Balaban J connectivity index is 1.60. The summed E-state index contributed by atoms with van der Waals surface area (Å²) in [4.78, 5) is 19.5. The number of benzene rings is 1. The highest BCUT2D eigenvalue weighted by atomic mass is 19.4. The fourth-order valence-corrected chi connectivity index (χ4v) is 4.47. The molecule has 4 rings (SSSR count). The average molecular weight is 461 g/mol.